The molecule has 32 heavy (non-hydrogen) atoms. The van der Waals surface area contributed by atoms with Crippen LogP contribution in [0.3, 0.4) is 0 Å². The smallest absolute Gasteiger partial charge is 0.246 e. The van der Waals surface area contributed by atoms with Gasteiger partial charge in [-0.15, -0.1) is 0 Å². The molecular weight excluding hydrogens is 400 g/mol. The summed E-state index contributed by atoms with van der Waals surface area (Å²) in [7, 11) is 0. The van der Waals surface area contributed by atoms with Crippen LogP contribution in [0.15, 0.2) is 72.8 Å². The molecule has 1 aliphatic rings. The molecule has 1 aliphatic heterocycles. The lowest BCUT2D eigenvalue weighted by molar-refractivity contribution is -0.127. The Hall–Kier alpha value is -3.57. The summed E-state index contributed by atoms with van der Waals surface area (Å²) in [6.07, 6.45) is 8.17. The molecule has 0 saturated carbocycles. The van der Waals surface area contributed by atoms with E-state index in [4.69, 9.17) is 5.11 Å². The zero-order valence-electron chi connectivity index (χ0n) is 17.9. The molecule has 1 unspecified atom stereocenters. The van der Waals surface area contributed by atoms with Crippen molar-refractivity contribution in [2.24, 2.45) is 0 Å². The normalized spacial score (nSPS) is 16.8. The van der Waals surface area contributed by atoms with E-state index in [0.717, 1.165) is 19.4 Å². The van der Waals surface area contributed by atoms with Crippen molar-refractivity contribution in [2.45, 2.75) is 18.8 Å². The number of piperidine rings is 1. The zero-order chi connectivity index (χ0) is 22.3. The number of carbonyl (C=O) groups excluding carboxylic acids is 2. The Balaban J connectivity index is 1.42. The first-order chi connectivity index (χ1) is 15.6. The Morgan fingerprint density at radius 1 is 0.969 bits per heavy atom. The van der Waals surface area contributed by atoms with E-state index in [1.807, 2.05) is 23.1 Å². The summed E-state index contributed by atoms with van der Waals surface area (Å²) in [4.78, 5) is 30.4. The van der Waals surface area contributed by atoms with Gasteiger partial charge in [-0.2, -0.15) is 0 Å². The summed E-state index contributed by atoms with van der Waals surface area (Å²) in [5.41, 5.74) is 2.51. The number of rotatable bonds is 6. The number of fused-ring (bicyclic) bond motifs is 1. The highest BCUT2D eigenvalue weighted by Crippen LogP contribution is 2.29. The lowest BCUT2D eigenvalue weighted by atomic mass is 9.89. The largest absolute Gasteiger partial charge is 0.388 e. The SMILES string of the molecule is O=C(/C=C/c1cccc(/C=C/C(=O)N2CCCC(c3ccc4ccccc4c3)C2)n1)CO. The van der Waals surface area contributed by atoms with E-state index < -0.39 is 6.61 Å². The Bertz CT molecular complexity index is 1180. The predicted octanol–water partition coefficient (Wildman–Crippen LogP) is 4.23. The Morgan fingerprint density at radius 2 is 1.72 bits per heavy atom. The van der Waals surface area contributed by atoms with Gasteiger partial charge in [0.1, 0.15) is 6.61 Å². The average Bonchev–Trinajstić information content (AvgIpc) is 2.85. The van der Waals surface area contributed by atoms with Crippen molar-refractivity contribution < 1.29 is 14.7 Å². The van der Waals surface area contributed by atoms with Gasteiger partial charge in [-0.3, -0.25) is 9.59 Å². The first kappa shape index (κ1) is 21.7. The molecule has 0 spiro atoms. The van der Waals surface area contributed by atoms with Gasteiger partial charge < -0.3 is 10.0 Å². The van der Waals surface area contributed by atoms with Crippen molar-refractivity contribution in [2.75, 3.05) is 19.7 Å². The number of aromatic nitrogens is 1. The first-order valence-corrected chi connectivity index (χ1v) is 10.9. The van der Waals surface area contributed by atoms with Crippen LogP contribution in [0.2, 0.25) is 0 Å². The van der Waals surface area contributed by atoms with Crippen molar-refractivity contribution in [1.82, 2.24) is 9.88 Å². The standard InChI is InChI=1S/C27H26N2O3/c30-19-26(31)14-12-24-8-3-9-25(28-24)13-15-27(32)29-16-4-7-23(18-29)22-11-10-20-5-1-2-6-21(20)17-22/h1-3,5-6,8-15,17,23,30H,4,7,16,18-19H2/b14-12+,15-13+. The van der Waals surface area contributed by atoms with Crippen LogP contribution < -0.4 is 0 Å². The zero-order valence-corrected chi connectivity index (χ0v) is 17.9. The molecule has 5 nitrogen and oxygen atoms in total. The quantitative estimate of drug-likeness (QED) is 0.599. The summed E-state index contributed by atoms with van der Waals surface area (Å²) in [6.45, 7) is 0.939. The van der Waals surface area contributed by atoms with E-state index in [1.165, 1.54) is 22.4 Å². The Kier molecular flexibility index (Phi) is 6.87. The molecule has 5 heteroatoms. The number of carbonyl (C=O) groups is 2. The molecule has 1 fully saturated rings. The number of pyridine rings is 1. The van der Waals surface area contributed by atoms with Crippen LogP contribution in [0, 0.1) is 0 Å². The number of aliphatic hydroxyl groups excluding tert-OH is 1. The number of nitrogens with zero attached hydrogens (tertiary/aromatic N) is 2. The molecule has 1 atom stereocenters. The maximum absolute atomic E-state index is 12.8. The third-order valence-electron chi connectivity index (χ3n) is 5.76. The van der Waals surface area contributed by atoms with Gasteiger partial charge in [0.25, 0.3) is 0 Å². The number of hydrogen-bond donors (Lipinski definition) is 1. The van der Waals surface area contributed by atoms with E-state index >= 15 is 0 Å². The van der Waals surface area contributed by atoms with Gasteiger partial charge in [0.05, 0.1) is 11.4 Å². The molecule has 0 aliphatic carbocycles. The summed E-state index contributed by atoms with van der Waals surface area (Å²) in [5, 5.41) is 11.3. The molecular formula is C27H26N2O3. The summed E-state index contributed by atoms with van der Waals surface area (Å²) >= 11 is 0. The molecule has 2 aromatic carbocycles. The first-order valence-electron chi connectivity index (χ1n) is 10.9. The predicted molar refractivity (Wildman–Crippen MR) is 127 cm³/mol. The van der Waals surface area contributed by atoms with Crippen LogP contribution >= 0.6 is 0 Å². The minimum Gasteiger partial charge on any atom is -0.388 e. The number of benzene rings is 2. The van der Waals surface area contributed by atoms with Gasteiger partial charge in [-0.1, -0.05) is 48.5 Å². The van der Waals surface area contributed by atoms with Gasteiger partial charge in [-0.25, -0.2) is 4.98 Å². The fourth-order valence-electron chi connectivity index (χ4n) is 4.06. The van der Waals surface area contributed by atoms with Gasteiger partial charge in [0.15, 0.2) is 5.78 Å². The minimum atomic E-state index is -0.527. The fraction of sp³-hybridized carbons (Fsp3) is 0.222. The summed E-state index contributed by atoms with van der Waals surface area (Å²) in [6, 6.07) is 20.3. The molecule has 0 radical (unpaired) electrons. The second kappa shape index (κ2) is 10.2. The van der Waals surface area contributed by atoms with Crippen LogP contribution in [0.25, 0.3) is 22.9 Å². The molecule has 1 aromatic heterocycles. The number of likely N-dealkylation sites (tertiary alicyclic amines) is 1. The van der Waals surface area contributed by atoms with E-state index in [-0.39, 0.29) is 11.7 Å². The van der Waals surface area contributed by atoms with E-state index in [0.29, 0.717) is 23.9 Å². The molecule has 0 bridgehead atoms. The maximum Gasteiger partial charge on any atom is 0.246 e. The number of ketones is 1. The second-order valence-electron chi connectivity index (χ2n) is 8.01. The number of hydrogen-bond acceptors (Lipinski definition) is 4. The topological polar surface area (TPSA) is 70.5 Å². The minimum absolute atomic E-state index is 0.0197. The molecule has 2 heterocycles. The van der Waals surface area contributed by atoms with E-state index in [9.17, 15) is 9.59 Å². The Morgan fingerprint density at radius 3 is 2.50 bits per heavy atom. The van der Waals surface area contributed by atoms with Crippen molar-refractivity contribution in [1.29, 1.82) is 0 Å². The van der Waals surface area contributed by atoms with Crippen molar-refractivity contribution in [3.63, 3.8) is 0 Å². The van der Waals surface area contributed by atoms with Crippen LogP contribution in [0.4, 0.5) is 0 Å². The van der Waals surface area contributed by atoms with E-state index in [1.54, 1.807) is 24.3 Å². The highest BCUT2D eigenvalue weighted by molar-refractivity contribution is 5.94. The van der Waals surface area contributed by atoms with E-state index in [2.05, 4.69) is 41.4 Å². The highest BCUT2D eigenvalue weighted by Gasteiger charge is 2.23. The summed E-state index contributed by atoms with van der Waals surface area (Å²) in [5.74, 6) is -0.0657. The monoisotopic (exact) mass is 426 g/mol. The molecule has 1 saturated heterocycles. The second-order valence-corrected chi connectivity index (χ2v) is 8.01. The maximum atomic E-state index is 12.8. The molecule has 4 rings (SSSR count). The molecule has 1 amide bonds. The van der Waals surface area contributed by atoms with Crippen molar-refractivity contribution in [3.05, 3.63) is 89.8 Å². The summed E-state index contributed by atoms with van der Waals surface area (Å²) < 4.78 is 0. The van der Waals surface area contributed by atoms with Crippen LogP contribution in [-0.4, -0.2) is 46.4 Å². The lowest BCUT2D eigenvalue weighted by Gasteiger charge is -2.32. The van der Waals surface area contributed by atoms with Crippen LogP contribution in [0.1, 0.15) is 35.7 Å². The molecule has 3 aromatic rings. The van der Waals surface area contributed by atoms with Crippen molar-refractivity contribution >= 4 is 34.6 Å². The number of amides is 1. The van der Waals surface area contributed by atoms with Gasteiger partial charge in [0.2, 0.25) is 5.91 Å². The highest BCUT2D eigenvalue weighted by atomic mass is 16.3. The fourth-order valence-corrected chi connectivity index (χ4v) is 4.06. The van der Waals surface area contributed by atoms with Gasteiger partial charge >= 0.3 is 0 Å². The average molecular weight is 427 g/mol. The van der Waals surface area contributed by atoms with Gasteiger partial charge in [-0.05, 0) is 59.5 Å². The third kappa shape index (κ3) is 5.37. The molecule has 162 valence electrons. The lowest BCUT2D eigenvalue weighted by Crippen LogP contribution is -2.38. The van der Waals surface area contributed by atoms with Crippen LogP contribution in [-0.2, 0) is 9.59 Å². The Labute approximate surface area is 187 Å². The van der Waals surface area contributed by atoms with Crippen LogP contribution in [0.5, 0.6) is 0 Å². The molecule has 1 N–H and O–H groups in total. The van der Waals surface area contributed by atoms with Gasteiger partial charge in [0, 0.05) is 25.1 Å². The number of aliphatic hydroxyl groups is 1. The van der Waals surface area contributed by atoms with Crippen molar-refractivity contribution in [3.8, 4) is 0 Å². The third-order valence-corrected chi connectivity index (χ3v) is 5.76.